The van der Waals surface area contributed by atoms with Crippen molar-refractivity contribution in [2.24, 2.45) is 0 Å². The van der Waals surface area contributed by atoms with Gasteiger partial charge in [0.25, 0.3) is 0 Å². The van der Waals surface area contributed by atoms with Crippen molar-refractivity contribution in [3.8, 4) is 0 Å². The number of furan rings is 1. The lowest BCUT2D eigenvalue weighted by Gasteiger charge is -2.20. The molecule has 0 spiro atoms. The van der Waals surface area contributed by atoms with Gasteiger partial charge in [-0.15, -0.1) is 0 Å². The van der Waals surface area contributed by atoms with E-state index in [1.165, 1.54) is 11.1 Å². The molecule has 2 aromatic rings. The van der Waals surface area contributed by atoms with Gasteiger partial charge in [0.1, 0.15) is 0 Å². The lowest BCUT2D eigenvalue weighted by atomic mass is 9.97. The molecule has 0 fully saturated rings. The quantitative estimate of drug-likeness (QED) is 0.869. The zero-order chi connectivity index (χ0) is 13.0. The Balaban J connectivity index is 2.37. The number of rotatable bonds is 5. The van der Waals surface area contributed by atoms with Crippen LogP contribution in [0.2, 0.25) is 5.22 Å². The summed E-state index contributed by atoms with van der Waals surface area (Å²) in [6, 6.07) is 10.4. The fourth-order valence-corrected chi connectivity index (χ4v) is 2.32. The normalized spacial score (nSPS) is 12.6. The molecule has 1 aromatic carbocycles. The second kappa shape index (κ2) is 6.07. The third kappa shape index (κ3) is 2.77. The summed E-state index contributed by atoms with van der Waals surface area (Å²) in [6.07, 6.45) is 2.72. The largest absolute Gasteiger partial charge is 0.453 e. The van der Waals surface area contributed by atoms with Crippen LogP contribution in [-0.2, 0) is 0 Å². The van der Waals surface area contributed by atoms with Crippen LogP contribution in [-0.4, -0.2) is 6.54 Å². The molecule has 1 atom stereocenters. The third-order valence-electron chi connectivity index (χ3n) is 3.06. The molecular weight excluding hydrogens is 246 g/mol. The number of aryl methyl sites for hydroxylation is 1. The fourth-order valence-electron chi connectivity index (χ4n) is 2.10. The van der Waals surface area contributed by atoms with Crippen LogP contribution in [0.15, 0.2) is 41.0 Å². The Morgan fingerprint density at radius 3 is 2.61 bits per heavy atom. The van der Waals surface area contributed by atoms with Gasteiger partial charge in [-0.1, -0.05) is 31.2 Å². The van der Waals surface area contributed by atoms with E-state index in [4.69, 9.17) is 16.0 Å². The molecule has 18 heavy (non-hydrogen) atoms. The van der Waals surface area contributed by atoms with Gasteiger partial charge in [0.15, 0.2) is 5.22 Å². The van der Waals surface area contributed by atoms with Crippen molar-refractivity contribution in [2.75, 3.05) is 6.54 Å². The van der Waals surface area contributed by atoms with E-state index in [-0.39, 0.29) is 6.04 Å². The van der Waals surface area contributed by atoms with Crippen LogP contribution in [0.1, 0.15) is 36.1 Å². The van der Waals surface area contributed by atoms with E-state index in [1.807, 2.05) is 12.1 Å². The Morgan fingerprint density at radius 2 is 2.00 bits per heavy atom. The highest BCUT2D eigenvalue weighted by molar-refractivity contribution is 6.29. The van der Waals surface area contributed by atoms with E-state index >= 15 is 0 Å². The summed E-state index contributed by atoms with van der Waals surface area (Å²) < 4.78 is 5.21. The summed E-state index contributed by atoms with van der Waals surface area (Å²) in [5.41, 5.74) is 3.50. The van der Waals surface area contributed by atoms with Crippen LogP contribution in [0.5, 0.6) is 0 Å². The number of hydrogen-bond acceptors (Lipinski definition) is 2. The molecule has 0 aliphatic carbocycles. The van der Waals surface area contributed by atoms with Gasteiger partial charge in [0.05, 0.1) is 12.3 Å². The van der Waals surface area contributed by atoms with Gasteiger partial charge in [-0.25, -0.2) is 0 Å². The molecule has 0 radical (unpaired) electrons. The Morgan fingerprint density at radius 1 is 1.22 bits per heavy atom. The molecule has 1 N–H and O–H groups in total. The van der Waals surface area contributed by atoms with Gasteiger partial charge in [0, 0.05) is 5.56 Å². The van der Waals surface area contributed by atoms with E-state index in [9.17, 15) is 0 Å². The minimum absolute atomic E-state index is 0.0948. The average molecular weight is 264 g/mol. The summed E-state index contributed by atoms with van der Waals surface area (Å²) in [6.45, 7) is 5.21. The summed E-state index contributed by atoms with van der Waals surface area (Å²) >= 11 is 6.11. The maximum absolute atomic E-state index is 6.11. The molecule has 2 nitrogen and oxygen atoms in total. The van der Waals surface area contributed by atoms with E-state index in [1.54, 1.807) is 6.26 Å². The monoisotopic (exact) mass is 263 g/mol. The number of halogens is 1. The maximum Gasteiger partial charge on any atom is 0.198 e. The Hall–Kier alpha value is -1.25. The van der Waals surface area contributed by atoms with Gasteiger partial charge >= 0.3 is 0 Å². The first kappa shape index (κ1) is 13.2. The van der Waals surface area contributed by atoms with Crippen molar-refractivity contribution in [2.45, 2.75) is 26.3 Å². The highest BCUT2D eigenvalue weighted by Crippen LogP contribution is 2.30. The second-order valence-electron chi connectivity index (χ2n) is 4.39. The van der Waals surface area contributed by atoms with Crippen molar-refractivity contribution in [3.05, 3.63) is 58.5 Å². The molecule has 0 aliphatic heterocycles. The zero-order valence-corrected chi connectivity index (χ0v) is 11.5. The van der Waals surface area contributed by atoms with E-state index < -0.39 is 0 Å². The van der Waals surface area contributed by atoms with E-state index in [0.717, 1.165) is 18.5 Å². The molecule has 1 unspecified atom stereocenters. The van der Waals surface area contributed by atoms with Crippen LogP contribution in [0.25, 0.3) is 0 Å². The van der Waals surface area contributed by atoms with Crippen LogP contribution in [0.4, 0.5) is 0 Å². The molecule has 0 saturated carbocycles. The topological polar surface area (TPSA) is 25.2 Å². The molecule has 1 aromatic heterocycles. The molecule has 96 valence electrons. The Kier molecular flexibility index (Phi) is 4.45. The van der Waals surface area contributed by atoms with Crippen molar-refractivity contribution in [1.82, 2.24) is 5.32 Å². The number of benzene rings is 1. The van der Waals surface area contributed by atoms with E-state index in [0.29, 0.717) is 5.22 Å². The number of hydrogen-bond donors (Lipinski definition) is 1. The predicted molar refractivity (Wildman–Crippen MR) is 75.0 cm³/mol. The minimum atomic E-state index is 0.0948. The molecule has 0 saturated heterocycles. The van der Waals surface area contributed by atoms with Crippen LogP contribution >= 0.6 is 11.6 Å². The molecular formula is C15H18ClNO. The first-order chi connectivity index (χ1) is 8.74. The summed E-state index contributed by atoms with van der Waals surface area (Å²) in [7, 11) is 0. The first-order valence-electron chi connectivity index (χ1n) is 6.25. The average Bonchev–Trinajstić information content (AvgIpc) is 2.78. The molecule has 0 bridgehead atoms. The standard InChI is InChI=1S/C15H18ClNO/c1-3-9-17-14(13-8-10-18-15(13)16)12-7-5-4-6-11(12)2/h4-8,10,14,17H,3,9H2,1-2H3. The highest BCUT2D eigenvalue weighted by atomic mass is 35.5. The number of nitrogens with one attached hydrogen (secondary N) is 1. The Labute approximate surface area is 113 Å². The molecule has 0 aliphatic rings. The summed E-state index contributed by atoms with van der Waals surface area (Å²) in [4.78, 5) is 0. The third-order valence-corrected chi connectivity index (χ3v) is 3.36. The van der Waals surface area contributed by atoms with Gasteiger partial charge in [-0.2, -0.15) is 0 Å². The predicted octanol–water partition coefficient (Wildman–Crippen LogP) is 4.33. The van der Waals surface area contributed by atoms with Crippen molar-refractivity contribution < 1.29 is 4.42 Å². The van der Waals surface area contributed by atoms with E-state index in [2.05, 4.69) is 37.4 Å². The highest BCUT2D eigenvalue weighted by Gasteiger charge is 2.19. The molecule has 0 amide bonds. The minimum Gasteiger partial charge on any atom is -0.453 e. The van der Waals surface area contributed by atoms with Gasteiger partial charge in [0.2, 0.25) is 0 Å². The lowest BCUT2D eigenvalue weighted by Crippen LogP contribution is -2.23. The second-order valence-corrected chi connectivity index (χ2v) is 4.74. The van der Waals surface area contributed by atoms with Crippen molar-refractivity contribution in [3.63, 3.8) is 0 Å². The fraction of sp³-hybridized carbons (Fsp3) is 0.333. The maximum atomic E-state index is 6.11. The molecule has 1 heterocycles. The van der Waals surface area contributed by atoms with Crippen molar-refractivity contribution >= 4 is 11.6 Å². The van der Waals surface area contributed by atoms with Gasteiger partial charge in [-0.05, 0) is 48.7 Å². The van der Waals surface area contributed by atoms with Crippen LogP contribution in [0.3, 0.4) is 0 Å². The van der Waals surface area contributed by atoms with Crippen molar-refractivity contribution in [1.29, 1.82) is 0 Å². The van der Waals surface area contributed by atoms with Crippen LogP contribution < -0.4 is 5.32 Å². The Bertz CT molecular complexity index is 507. The van der Waals surface area contributed by atoms with Gasteiger partial charge in [-0.3, -0.25) is 0 Å². The SMILES string of the molecule is CCCNC(c1ccccc1C)c1ccoc1Cl. The zero-order valence-electron chi connectivity index (χ0n) is 10.7. The smallest absolute Gasteiger partial charge is 0.198 e. The first-order valence-corrected chi connectivity index (χ1v) is 6.63. The summed E-state index contributed by atoms with van der Waals surface area (Å²) in [5, 5.41) is 3.99. The summed E-state index contributed by atoms with van der Waals surface area (Å²) in [5.74, 6) is 0. The van der Waals surface area contributed by atoms with Crippen LogP contribution in [0, 0.1) is 6.92 Å². The van der Waals surface area contributed by atoms with Gasteiger partial charge < -0.3 is 9.73 Å². The lowest BCUT2D eigenvalue weighted by molar-refractivity contribution is 0.549. The molecule has 2 rings (SSSR count). The molecule has 3 heteroatoms.